The second kappa shape index (κ2) is 18.5. The lowest BCUT2D eigenvalue weighted by atomic mass is 9.85. The molecule has 0 radical (unpaired) electrons. The van der Waals surface area contributed by atoms with Gasteiger partial charge in [-0.15, -0.1) is 0 Å². The van der Waals surface area contributed by atoms with Crippen molar-refractivity contribution in [2.45, 2.75) is 170 Å². The number of aliphatic hydroxyl groups is 6. The van der Waals surface area contributed by atoms with Crippen molar-refractivity contribution in [2.75, 3.05) is 19.8 Å². The summed E-state index contributed by atoms with van der Waals surface area (Å²) in [5.41, 5.74) is 0. The van der Waals surface area contributed by atoms with Crippen molar-refractivity contribution < 1.29 is 73.8 Å². The zero-order valence-corrected chi connectivity index (χ0v) is 28.7. The highest BCUT2D eigenvalue weighted by Gasteiger charge is 2.51. The minimum absolute atomic E-state index is 0.0110. The first kappa shape index (κ1) is 39.7. The van der Waals surface area contributed by atoms with Crippen molar-refractivity contribution in [3.63, 3.8) is 0 Å². The summed E-state index contributed by atoms with van der Waals surface area (Å²) in [5.74, 6) is -1.39. The lowest BCUT2D eigenvalue weighted by molar-refractivity contribution is -0.356. The number of ether oxygens (including phenoxy) is 6. The number of carbonyl (C=O) groups is 2. The third-order valence-electron chi connectivity index (χ3n) is 11.0. The average molecular weight is 720 g/mol. The van der Waals surface area contributed by atoms with E-state index in [2.05, 4.69) is 5.32 Å². The predicted octanol–water partition coefficient (Wildman–Crippen LogP) is -0.682. The van der Waals surface area contributed by atoms with Gasteiger partial charge in [0.25, 0.3) is 0 Å². The number of rotatable bonds is 13. The van der Waals surface area contributed by atoms with Crippen LogP contribution in [0.25, 0.3) is 0 Å². The Kier molecular flexibility index (Phi) is 14.7. The van der Waals surface area contributed by atoms with E-state index >= 15 is 0 Å². The number of aliphatic carboxylic acids is 1. The van der Waals surface area contributed by atoms with Crippen LogP contribution in [0, 0.1) is 11.8 Å². The van der Waals surface area contributed by atoms with E-state index in [4.69, 9.17) is 28.4 Å². The molecule has 5 fully saturated rings. The number of aliphatic hydroxyl groups excluding tert-OH is 6. The summed E-state index contributed by atoms with van der Waals surface area (Å²) in [5, 5.41) is 76.9. The standard InChI is InChI=1S/C34H57NO15/c1-17-24(37)26(39)27(40)33(46-17)48-20-12-13-45-22(15-35-31(42)19-10-6-3-7-11-19)29(20)50-34-28(41)30(25(38)23(16-36)49-34)47-21(32(43)44)14-18-8-4-2-5-9-18/h17-30,33-34,36-41H,2-16H2,1H3,(H,35,42)(H,43,44)/t17-,20+,21?,22+,23+,24+,25-,26+,27-,28+,29-,30-,33-,34-/m0/s1. The maximum Gasteiger partial charge on any atom is 0.332 e. The molecule has 0 bridgehead atoms. The molecule has 3 heterocycles. The van der Waals surface area contributed by atoms with E-state index in [1.807, 2.05) is 0 Å². The second-order valence-corrected chi connectivity index (χ2v) is 14.6. The van der Waals surface area contributed by atoms with E-state index in [1.54, 1.807) is 0 Å². The molecular formula is C34H57NO15. The Morgan fingerprint density at radius 2 is 1.42 bits per heavy atom. The zero-order valence-electron chi connectivity index (χ0n) is 28.7. The first-order valence-electron chi connectivity index (χ1n) is 18.4. The summed E-state index contributed by atoms with van der Waals surface area (Å²) >= 11 is 0. The summed E-state index contributed by atoms with van der Waals surface area (Å²) < 4.78 is 35.9. The Hall–Kier alpha value is -1.54. The number of carboxylic acids is 1. The first-order chi connectivity index (χ1) is 24.0. The SMILES string of the molecule is C[C@@H]1O[C@@H](O[C@@H]2CCO[C@H](CNC(=O)C3CCCCC3)[C@H]2O[C@@H]2O[C@H](CO)[C@H](O)[C@H](OC(CC3CCCCC3)C(=O)O)[C@H]2O)[C@@H](O)[C@H](O)[C@@H]1O. The third kappa shape index (κ3) is 9.71. The Bertz CT molecular complexity index is 1070. The van der Waals surface area contributed by atoms with E-state index < -0.39 is 98.4 Å². The van der Waals surface area contributed by atoms with Crippen LogP contribution < -0.4 is 5.32 Å². The molecule has 5 aliphatic rings. The molecule has 50 heavy (non-hydrogen) atoms. The van der Waals surface area contributed by atoms with Gasteiger partial charge in [-0.2, -0.15) is 0 Å². The summed E-state index contributed by atoms with van der Waals surface area (Å²) in [6, 6.07) is 0. The summed E-state index contributed by atoms with van der Waals surface area (Å²) in [4.78, 5) is 25.4. The quantitative estimate of drug-likeness (QED) is 0.118. The highest BCUT2D eigenvalue weighted by molar-refractivity contribution is 5.78. The fraction of sp³-hybridized carbons (Fsp3) is 0.941. The van der Waals surface area contributed by atoms with Gasteiger partial charge in [-0.05, 0) is 38.5 Å². The van der Waals surface area contributed by atoms with Gasteiger partial charge in [-0.25, -0.2) is 4.79 Å². The molecule has 2 aliphatic carbocycles. The van der Waals surface area contributed by atoms with Crippen LogP contribution in [0.15, 0.2) is 0 Å². The molecule has 5 rings (SSSR count). The molecule has 3 aliphatic heterocycles. The molecule has 16 nitrogen and oxygen atoms in total. The fourth-order valence-corrected chi connectivity index (χ4v) is 7.95. The molecule has 3 saturated heterocycles. The Morgan fingerprint density at radius 1 is 0.760 bits per heavy atom. The molecule has 16 heteroatoms. The van der Waals surface area contributed by atoms with Gasteiger partial charge in [-0.3, -0.25) is 4.79 Å². The Labute approximate surface area is 292 Å². The number of amides is 1. The highest BCUT2D eigenvalue weighted by Crippen LogP contribution is 2.34. The van der Waals surface area contributed by atoms with Crippen molar-refractivity contribution in [3.8, 4) is 0 Å². The van der Waals surface area contributed by atoms with Crippen LogP contribution in [-0.4, -0.2) is 153 Å². The minimum atomic E-state index is -1.73. The highest BCUT2D eigenvalue weighted by atomic mass is 16.7. The maximum absolute atomic E-state index is 13.1. The smallest absolute Gasteiger partial charge is 0.332 e. The van der Waals surface area contributed by atoms with Crippen LogP contribution in [0.1, 0.15) is 84.0 Å². The minimum Gasteiger partial charge on any atom is -0.479 e. The molecule has 8 N–H and O–H groups in total. The van der Waals surface area contributed by atoms with Gasteiger partial charge < -0.3 is 69.5 Å². The van der Waals surface area contributed by atoms with Crippen LogP contribution in [-0.2, 0) is 38.0 Å². The van der Waals surface area contributed by atoms with Crippen LogP contribution >= 0.6 is 0 Å². The molecule has 1 unspecified atom stereocenters. The van der Waals surface area contributed by atoms with Gasteiger partial charge in [0.05, 0.1) is 18.8 Å². The molecule has 288 valence electrons. The van der Waals surface area contributed by atoms with Crippen molar-refractivity contribution >= 4 is 11.9 Å². The molecule has 0 aromatic heterocycles. The lowest BCUT2D eigenvalue weighted by Crippen LogP contribution is -2.64. The molecule has 2 saturated carbocycles. The van der Waals surface area contributed by atoms with Crippen LogP contribution in [0.4, 0.5) is 0 Å². The summed E-state index contributed by atoms with van der Waals surface area (Å²) in [6.07, 6.45) is -9.07. The first-order valence-corrected chi connectivity index (χ1v) is 18.4. The van der Waals surface area contributed by atoms with Crippen molar-refractivity contribution in [3.05, 3.63) is 0 Å². The van der Waals surface area contributed by atoms with Crippen LogP contribution in [0.3, 0.4) is 0 Å². The zero-order chi connectivity index (χ0) is 35.9. The number of hydrogen-bond donors (Lipinski definition) is 8. The number of hydrogen-bond acceptors (Lipinski definition) is 14. The normalized spacial score (nSPS) is 41.4. The Morgan fingerprint density at radius 3 is 2.08 bits per heavy atom. The molecule has 1 amide bonds. The van der Waals surface area contributed by atoms with E-state index in [-0.39, 0.29) is 43.7 Å². The monoisotopic (exact) mass is 719 g/mol. The molecule has 0 aromatic carbocycles. The van der Waals surface area contributed by atoms with Crippen molar-refractivity contribution in [1.29, 1.82) is 0 Å². The van der Waals surface area contributed by atoms with E-state index in [9.17, 15) is 45.3 Å². The lowest BCUT2D eigenvalue weighted by Gasteiger charge is -2.47. The number of nitrogens with one attached hydrogen (secondary N) is 1. The average Bonchev–Trinajstić information content (AvgIpc) is 3.12. The topological polar surface area (TPSA) is 243 Å². The van der Waals surface area contributed by atoms with Gasteiger partial charge in [0.2, 0.25) is 5.91 Å². The molecule has 0 spiro atoms. The van der Waals surface area contributed by atoms with E-state index in [0.29, 0.717) is 0 Å². The molecule has 0 aromatic rings. The third-order valence-corrected chi connectivity index (χ3v) is 11.0. The van der Waals surface area contributed by atoms with Gasteiger partial charge >= 0.3 is 5.97 Å². The maximum atomic E-state index is 13.1. The van der Waals surface area contributed by atoms with Crippen LogP contribution in [0.5, 0.6) is 0 Å². The van der Waals surface area contributed by atoms with Crippen molar-refractivity contribution in [2.24, 2.45) is 11.8 Å². The van der Waals surface area contributed by atoms with Crippen LogP contribution in [0.2, 0.25) is 0 Å². The van der Waals surface area contributed by atoms with Crippen molar-refractivity contribution in [1.82, 2.24) is 5.32 Å². The molecule has 14 atom stereocenters. The molecular weight excluding hydrogens is 662 g/mol. The number of carboxylic acid groups (broad SMARTS) is 1. The van der Waals surface area contributed by atoms with Gasteiger partial charge in [-0.1, -0.05) is 51.4 Å². The largest absolute Gasteiger partial charge is 0.479 e. The van der Waals surface area contributed by atoms with Gasteiger partial charge in [0, 0.05) is 19.1 Å². The van der Waals surface area contributed by atoms with E-state index in [0.717, 1.165) is 64.2 Å². The number of carbonyl (C=O) groups excluding carboxylic acids is 1. The second-order valence-electron chi connectivity index (χ2n) is 14.6. The van der Waals surface area contributed by atoms with Gasteiger partial charge in [0.15, 0.2) is 18.7 Å². The predicted molar refractivity (Wildman–Crippen MR) is 171 cm³/mol. The fourth-order valence-electron chi connectivity index (χ4n) is 7.95. The Balaban J connectivity index is 1.34. The summed E-state index contributed by atoms with van der Waals surface area (Å²) in [6.45, 7) is 0.958. The van der Waals surface area contributed by atoms with E-state index in [1.165, 1.54) is 6.92 Å². The van der Waals surface area contributed by atoms with Gasteiger partial charge in [0.1, 0.15) is 54.9 Å². The summed E-state index contributed by atoms with van der Waals surface area (Å²) in [7, 11) is 0.